The van der Waals surface area contributed by atoms with Crippen LogP contribution in [0.4, 0.5) is 0 Å². The first kappa shape index (κ1) is 22.8. The number of hydrogen-bond donors (Lipinski definition) is 3. The third-order valence-electron chi connectivity index (χ3n) is 4.75. The molecule has 1 rings (SSSR count). The summed E-state index contributed by atoms with van der Waals surface area (Å²) in [6, 6.07) is 0. The molecule has 0 amide bonds. The Hall–Kier alpha value is -0.270. The van der Waals surface area contributed by atoms with Gasteiger partial charge in [0.1, 0.15) is 18.3 Å². The molecular weight excluding hydrogens is 340 g/mol. The van der Waals surface area contributed by atoms with Gasteiger partial charge in [-0.05, 0) is 18.6 Å². The van der Waals surface area contributed by atoms with Gasteiger partial charge in [-0.2, -0.15) is 0 Å². The summed E-state index contributed by atoms with van der Waals surface area (Å²) in [5, 5.41) is 29.0. The van der Waals surface area contributed by atoms with Gasteiger partial charge in [0.25, 0.3) is 0 Å². The third kappa shape index (κ3) is 9.29. The van der Waals surface area contributed by atoms with Crippen molar-refractivity contribution in [2.24, 2.45) is 0 Å². The minimum Gasteiger partial charge on any atom is -0.479 e. The summed E-state index contributed by atoms with van der Waals surface area (Å²) in [6.45, 7) is 1.98. The van der Waals surface area contributed by atoms with E-state index in [9.17, 15) is 10.2 Å². The normalized spacial score (nSPS) is 24.4. The van der Waals surface area contributed by atoms with E-state index in [4.69, 9.17) is 26.8 Å². The molecule has 0 saturated carbocycles. The molecule has 0 aromatic rings. The summed E-state index contributed by atoms with van der Waals surface area (Å²) in [7, 11) is 0. The lowest BCUT2D eigenvalue weighted by Crippen LogP contribution is -2.41. The van der Waals surface area contributed by atoms with E-state index < -0.39 is 31.0 Å². The minimum atomic E-state index is -1.10. The van der Waals surface area contributed by atoms with Gasteiger partial charge in [0.05, 0.1) is 13.2 Å². The van der Waals surface area contributed by atoms with Crippen molar-refractivity contribution in [3.63, 3.8) is 0 Å². The second-order valence-electron chi connectivity index (χ2n) is 7.00. The number of thiocarbonyl (C=S) groups is 1. The molecule has 148 valence electrons. The highest BCUT2D eigenvalue weighted by Gasteiger charge is 2.41. The highest BCUT2D eigenvalue weighted by molar-refractivity contribution is 7.80. The fourth-order valence-electron chi connectivity index (χ4n) is 3.15. The molecule has 6 heteroatoms. The molecule has 0 radical (unpaired) electrons. The summed E-state index contributed by atoms with van der Waals surface area (Å²) < 4.78 is 10.9. The zero-order valence-corrected chi connectivity index (χ0v) is 16.4. The lowest BCUT2D eigenvalue weighted by molar-refractivity contribution is -0.0679. The van der Waals surface area contributed by atoms with Gasteiger partial charge in [0.15, 0.2) is 11.2 Å². The number of rotatable bonds is 14. The highest BCUT2D eigenvalue weighted by Crippen LogP contribution is 2.21. The van der Waals surface area contributed by atoms with Crippen LogP contribution < -0.4 is 0 Å². The summed E-state index contributed by atoms with van der Waals surface area (Å²) >= 11 is 5.24. The molecule has 1 heterocycles. The Kier molecular flexibility index (Phi) is 12.6. The quantitative estimate of drug-likeness (QED) is 0.319. The Morgan fingerprint density at radius 3 is 2.20 bits per heavy atom. The zero-order chi connectivity index (χ0) is 18.5. The maximum atomic E-state index is 10.1. The van der Waals surface area contributed by atoms with Gasteiger partial charge >= 0.3 is 0 Å². The Labute approximate surface area is 157 Å². The molecule has 4 atom stereocenters. The van der Waals surface area contributed by atoms with Crippen LogP contribution in [-0.4, -0.2) is 58.0 Å². The summed E-state index contributed by atoms with van der Waals surface area (Å²) in [5.74, 6) is 0. The molecular formula is C19H36O5S. The molecule has 0 aromatic heterocycles. The number of unbranched alkanes of at least 4 members (excludes halogenated alkanes) is 9. The van der Waals surface area contributed by atoms with E-state index in [1.807, 2.05) is 0 Å². The molecule has 0 spiro atoms. The van der Waals surface area contributed by atoms with Crippen molar-refractivity contribution in [1.82, 2.24) is 0 Å². The van der Waals surface area contributed by atoms with Crippen molar-refractivity contribution < 1.29 is 24.8 Å². The van der Waals surface area contributed by atoms with Gasteiger partial charge in [-0.25, -0.2) is 0 Å². The lowest BCUT2D eigenvalue weighted by atomic mass is 10.1. The van der Waals surface area contributed by atoms with E-state index in [2.05, 4.69) is 6.92 Å². The predicted molar refractivity (Wildman–Crippen MR) is 103 cm³/mol. The van der Waals surface area contributed by atoms with Gasteiger partial charge in [0, 0.05) is 6.42 Å². The van der Waals surface area contributed by atoms with Crippen molar-refractivity contribution in [3.8, 4) is 0 Å². The predicted octanol–water partition coefficient (Wildman–Crippen LogP) is 3.12. The number of ether oxygens (including phenoxy) is 2. The molecule has 1 saturated heterocycles. The van der Waals surface area contributed by atoms with Gasteiger partial charge in [-0.15, -0.1) is 0 Å². The van der Waals surface area contributed by atoms with Crippen molar-refractivity contribution >= 4 is 17.3 Å². The van der Waals surface area contributed by atoms with Crippen LogP contribution in [0.1, 0.15) is 77.6 Å². The van der Waals surface area contributed by atoms with Crippen LogP contribution in [0.5, 0.6) is 0 Å². The summed E-state index contributed by atoms with van der Waals surface area (Å²) in [5.41, 5.74) is 0. The zero-order valence-electron chi connectivity index (χ0n) is 15.6. The van der Waals surface area contributed by atoms with Crippen LogP contribution >= 0.6 is 12.2 Å². The molecule has 0 aliphatic carbocycles. The van der Waals surface area contributed by atoms with E-state index in [-0.39, 0.29) is 6.61 Å². The molecule has 1 aliphatic heterocycles. The summed E-state index contributed by atoms with van der Waals surface area (Å²) in [6.07, 6.45) is 10.0. The van der Waals surface area contributed by atoms with Gasteiger partial charge < -0.3 is 24.8 Å². The highest BCUT2D eigenvalue weighted by atomic mass is 32.1. The second-order valence-corrected chi connectivity index (χ2v) is 7.45. The van der Waals surface area contributed by atoms with Crippen molar-refractivity contribution in [3.05, 3.63) is 0 Å². The fraction of sp³-hybridized carbons (Fsp3) is 0.947. The topological polar surface area (TPSA) is 79.2 Å². The molecule has 25 heavy (non-hydrogen) atoms. The van der Waals surface area contributed by atoms with E-state index in [0.29, 0.717) is 11.5 Å². The SMILES string of the molecule is CCCCCCCCCCCCC(=S)O[C@H]1CO[C@H]([C@H](O)CO)[C@@H]1O. The summed E-state index contributed by atoms with van der Waals surface area (Å²) in [4.78, 5) is 0. The molecule has 0 aromatic carbocycles. The molecule has 1 fully saturated rings. The number of hydrogen-bond acceptors (Lipinski definition) is 6. The minimum absolute atomic E-state index is 0.182. The monoisotopic (exact) mass is 376 g/mol. The van der Waals surface area contributed by atoms with Crippen LogP contribution in [0, 0.1) is 0 Å². The van der Waals surface area contributed by atoms with E-state index in [1.165, 1.54) is 51.4 Å². The molecule has 0 bridgehead atoms. The van der Waals surface area contributed by atoms with Crippen LogP contribution in [0.3, 0.4) is 0 Å². The second kappa shape index (κ2) is 13.9. The first-order valence-electron chi connectivity index (χ1n) is 9.88. The first-order chi connectivity index (χ1) is 12.1. The average molecular weight is 377 g/mol. The maximum Gasteiger partial charge on any atom is 0.160 e. The molecule has 1 aliphatic rings. The van der Waals surface area contributed by atoms with Crippen molar-refractivity contribution in [1.29, 1.82) is 0 Å². The van der Waals surface area contributed by atoms with Crippen molar-refractivity contribution in [2.45, 2.75) is 102 Å². The van der Waals surface area contributed by atoms with Crippen molar-refractivity contribution in [2.75, 3.05) is 13.2 Å². The Bertz CT molecular complexity index is 353. The Balaban J connectivity index is 2.01. The fourth-order valence-corrected chi connectivity index (χ4v) is 3.41. The van der Waals surface area contributed by atoms with E-state index in [1.54, 1.807) is 0 Å². The molecule has 5 nitrogen and oxygen atoms in total. The average Bonchev–Trinajstić information content (AvgIpc) is 2.96. The van der Waals surface area contributed by atoms with Gasteiger partial charge in [-0.1, -0.05) is 64.7 Å². The third-order valence-corrected chi connectivity index (χ3v) is 5.05. The van der Waals surface area contributed by atoms with Crippen LogP contribution in [0.2, 0.25) is 0 Å². The Morgan fingerprint density at radius 1 is 1.08 bits per heavy atom. The van der Waals surface area contributed by atoms with E-state index >= 15 is 0 Å². The molecule has 0 unspecified atom stereocenters. The number of aliphatic hydroxyl groups excluding tert-OH is 3. The Morgan fingerprint density at radius 2 is 1.64 bits per heavy atom. The standard InChI is InChI=1S/C19H36O5S/c1-2-3-4-5-6-7-8-9-10-11-12-17(25)24-16-14-23-19(18(16)22)15(21)13-20/h15-16,18-22H,2-14H2,1H3/t15-,16+,18-,19-/m1/s1. The smallest absolute Gasteiger partial charge is 0.160 e. The lowest BCUT2D eigenvalue weighted by Gasteiger charge is -2.21. The van der Waals surface area contributed by atoms with E-state index in [0.717, 1.165) is 12.8 Å². The van der Waals surface area contributed by atoms with Gasteiger partial charge in [0.2, 0.25) is 0 Å². The van der Waals surface area contributed by atoms with Crippen LogP contribution in [0.15, 0.2) is 0 Å². The van der Waals surface area contributed by atoms with Crippen LogP contribution in [0.25, 0.3) is 0 Å². The first-order valence-corrected chi connectivity index (χ1v) is 10.3. The maximum absolute atomic E-state index is 10.1. The van der Waals surface area contributed by atoms with Crippen LogP contribution in [-0.2, 0) is 9.47 Å². The largest absolute Gasteiger partial charge is 0.479 e. The van der Waals surface area contributed by atoms with Gasteiger partial charge in [-0.3, -0.25) is 0 Å². The number of aliphatic hydroxyl groups is 3. The molecule has 3 N–H and O–H groups in total.